The van der Waals surface area contributed by atoms with E-state index in [4.69, 9.17) is 43.7 Å². The highest BCUT2D eigenvalue weighted by Crippen LogP contribution is 2.35. The number of hydrogen-bond acceptors (Lipinski definition) is 10. The van der Waals surface area contributed by atoms with Crippen LogP contribution in [-0.2, 0) is 11.2 Å². The van der Waals surface area contributed by atoms with Gasteiger partial charge in [-0.1, -0.05) is 12.2 Å². The van der Waals surface area contributed by atoms with E-state index in [9.17, 15) is 4.79 Å². The molecule has 2 aromatic rings. The third-order valence-electron chi connectivity index (χ3n) is 8.72. The monoisotopic (exact) mass is 582 g/mol. The summed E-state index contributed by atoms with van der Waals surface area (Å²) in [5, 5.41) is 5.52. The van der Waals surface area contributed by atoms with E-state index in [1.807, 2.05) is 30.0 Å². The lowest BCUT2D eigenvalue weighted by Crippen LogP contribution is -2.60. The highest BCUT2D eigenvalue weighted by atomic mass is 16.5. The molecule has 11 nitrogen and oxygen atoms in total. The minimum Gasteiger partial charge on any atom is -0.495 e. The SMILES string of the molecule is [B]C([B])([B])N1CCN(C2CCN(c3ccc(Nc4nc(NC5CCOCC5)c(CC)nc4C(N)=O)cc3OC)CC2)CC1. The van der Waals surface area contributed by atoms with Crippen LogP contribution in [0, 0.1) is 0 Å². The van der Waals surface area contributed by atoms with Crippen molar-refractivity contribution in [3.63, 3.8) is 0 Å². The first kappa shape index (κ1) is 31.5. The molecule has 4 heterocycles. The molecular formula is C29H41B3N8O3. The summed E-state index contributed by atoms with van der Waals surface area (Å²) >= 11 is 0. The summed E-state index contributed by atoms with van der Waals surface area (Å²) in [6, 6.07) is 6.67. The highest BCUT2D eigenvalue weighted by molar-refractivity contribution is 6.59. The van der Waals surface area contributed by atoms with Gasteiger partial charge in [0.15, 0.2) is 17.3 Å². The molecule has 6 radical (unpaired) electrons. The Kier molecular flexibility index (Phi) is 10.1. The van der Waals surface area contributed by atoms with E-state index >= 15 is 0 Å². The third kappa shape index (κ3) is 7.59. The number of primary amides is 1. The maximum absolute atomic E-state index is 12.4. The Morgan fingerprint density at radius 3 is 2.35 bits per heavy atom. The van der Waals surface area contributed by atoms with Crippen molar-refractivity contribution >= 4 is 52.5 Å². The molecule has 0 spiro atoms. The van der Waals surface area contributed by atoms with Crippen molar-refractivity contribution in [2.75, 3.05) is 75.1 Å². The summed E-state index contributed by atoms with van der Waals surface area (Å²) in [5.74, 6) is 1.07. The van der Waals surface area contributed by atoms with Crippen LogP contribution in [-0.4, -0.2) is 126 Å². The Hall–Kier alpha value is -2.96. The van der Waals surface area contributed by atoms with Crippen molar-refractivity contribution in [1.29, 1.82) is 0 Å². The van der Waals surface area contributed by atoms with Crippen molar-refractivity contribution in [2.24, 2.45) is 5.73 Å². The number of amides is 1. The predicted molar refractivity (Wildman–Crippen MR) is 172 cm³/mol. The zero-order chi connectivity index (χ0) is 30.6. The number of nitrogens with zero attached hydrogens (tertiary/aromatic N) is 5. The number of piperidine rings is 1. The molecule has 43 heavy (non-hydrogen) atoms. The van der Waals surface area contributed by atoms with Crippen LogP contribution in [0.2, 0.25) is 0 Å². The van der Waals surface area contributed by atoms with Crippen LogP contribution >= 0.6 is 0 Å². The fraction of sp³-hybridized carbons (Fsp3) is 0.621. The number of benzene rings is 1. The molecule has 5 rings (SSSR count). The normalized spacial score (nSPS) is 19.7. The lowest BCUT2D eigenvalue weighted by molar-refractivity contribution is 0.0830. The van der Waals surface area contributed by atoms with Gasteiger partial charge in [-0.15, -0.1) is 0 Å². The van der Waals surface area contributed by atoms with Crippen molar-refractivity contribution < 1.29 is 14.3 Å². The van der Waals surface area contributed by atoms with Crippen LogP contribution in [0.5, 0.6) is 5.75 Å². The molecular weight excluding hydrogens is 541 g/mol. The number of ether oxygens (including phenoxy) is 2. The van der Waals surface area contributed by atoms with E-state index in [0.717, 1.165) is 82.1 Å². The van der Waals surface area contributed by atoms with E-state index < -0.39 is 11.1 Å². The molecule has 0 unspecified atom stereocenters. The molecule has 0 saturated carbocycles. The number of rotatable bonds is 10. The second kappa shape index (κ2) is 13.8. The first-order valence-electron chi connectivity index (χ1n) is 15.3. The van der Waals surface area contributed by atoms with Crippen LogP contribution in [0.25, 0.3) is 0 Å². The smallest absolute Gasteiger partial charge is 0.271 e. The maximum atomic E-state index is 12.4. The number of aromatic nitrogens is 2. The summed E-state index contributed by atoms with van der Waals surface area (Å²) in [5.41, 5.74) is 8.29. The first-order chi connectivity index (χ1) is 20.7. The Morgan fingerprint density at radius 1 is 1.05 bits per heavy atom. The zero-order valence-corrected chi connectivity index (χ0v) is 25.3. The average Bonchev–Trinajstić information content (AvgIpc) is 3.01. The average molecular weight is 582 g/mol. The molecule has 3 saturated heterocycles. The third-order valence-corrected chi connectivity index (χ3v) is 8.72. The maximum Gasteiger partial charge on any atom is 0.271 e. The quantitative estimate of drug-likeness (QED) is 0.353. The lowest BCUT2D eigenvalue weighted by atomic mass is 9.48. The van der Waals surface area contributed by atoms with Gasteiger partial charge in [0.25, 0.3) is 5.91 Å². The minimum absolute atomic E-state index is 0.107. The van der Waals surface area contributed by atoms with Crippen molar-refractivity contribution in [3.05, 3.63) is 29.6 Å². The largest absolute Gasteiger partial charge is 0.495 e. The standard InChI is InChI=1S/C29H41B3N8O3/c1-3-22-27(34-19-8-16-43-17-9-19)37-28(25(36-22)26(33)41)35-20-4-5-23(24(18-20)42-2)39-10-6-21(7-11-39)38-12-14-40(15-13-38)29(30,31)32/h4-5,18-19,21H,3,6-17H2,1-2H3,(H2,33,41)(H2,34,35,37). The Balaban J connectivity index is 1.27. The van der Waals surface area contributed by atoms with Gasteiger partial charge in [-0.05, 0) is 44.2 Å². The topological polar surface area (TPSA) is 121 Å². The van der Waals surface area contributed by atoms with E-state index in [0.29, 0.717) is 43.0 Å². The molecule has 1 aromatic heterocycles. The minimum atomic E-state index is -1.26. The summed E-state index contributed by atoms with van der Waals surface area (Å²) in [4.78, 5) is 28.5. The molecule has 4 N–H and O–H groups in total. The Labute approximate surface area is 258 Å². The first-order valence-corrected chi connectivity index (χ1v) is 15.3. The number of carbonyl (C=O) groups is 1. The van der Waals surface area contributed by atoms with Gasteiger partial charge in [-0.25, -0.2) is 9.97 Å². The van der Waals surface area contributed by atoms with Gasteiger partial charge in [-0.2, -0.15) is 0 Å². The Bertz CT molecular complexity index is 1260. The molecule has 3 aliphatic rings. The molecule has 0 bridgehead atoms. The fourth-order valence-corrected chi connectivity index (χ4v) is 6.23. The van der Waals surface area contributed by atoms with Crippen LogP contribution in [0.3, 0.4) is 0 Å². The fourth-order valence-electron chi connectivity index (χ4n) is 6.23. The summed E-state index contributed by atoms with van der Waals surface area (Å²) in [7, 11) is 19.3. The van der Waals surface area contributed by atoms with Gasteiger partial charge in [0, 0.05) is 76.3 Å². The van der Waals surface area contributed by atoms with Crippen LogP contribution < -0.4 is 26.0 Å². The number of piperazine rings is 1. The molecule has 3 fully saturated rings. The molecule has 224 valence electrons. The molecule has 1 amide bonds. The second-order valence-electron chi connectivity index (χ2n) is 11.6. The molecule has 14 heteroatoms. The van der Waals surface area contributed by atoms with Crippen LogP contribution in [0.1, 0.15) is 48.8 Å². The molecule has 0 atom stereocenters. The molecule has 0 aliphatic carbocycles. The number of methoxy groups -OCH3 is 1. The van der Waals surface area contributed by atoms with Gasteiger partial charge in [0.1, 0.15) is 5.75 Å². The van der Waals surface area contributed by atoms with Crippen molar-refractivity contribution in [1.82, 2.24) is 19.8 Å². The van der Waals surface area contributed by atoms with Gasteiger partial charge >= 0.3 is 0 Å². The zero-order valence-electron chi connectivity index (χ0n) is 25.3. The van der Waals surface area contributed by atoms with E-state index in [2.05, 4.69) is 25.4 Å². The van der Waals surface area contributed by atoms with Gasteiger partial charge in [0.2, 0.25) is 0 Å². The highest BCUT2D eigenvalue weighted by Gasteiger charge is 2.31. The Morgan fingerprint density at radius 2 is 1.74 bits per heavy atom. The summed E-state index contributed by atoms with van der Waals surface area (Å²) in [6.07, 6.45) is 4.48. The van der Waals surface area contributed by atoms with Crippen LogP contribution in [0.4, 0.5) is 23.0 Å². The summed E-state index contributed by atoms with van der Waals surface area (Å²) < 4.78 is 11.3. The predicted octanol–water partition coefficient (Wildman–Crippen LogP) is 1.18. The van der Waals surface area contributed by atoms with Gasteiger partial charge in [-0.3, -0.25) is 9.69 Å². The number of anilines is 4. The van der Waals surface area contributed by atoms with E-state index in [1.165, 1.54) is 0 Å². The van der Waals surface area contributed by atoms with Gasteiger partial charge < -0.3 is 35.6 Å². The number of carbonyl (C=O) groups excluding carboxylic acids is 1. The molecule has 3 aliphatic heterocycles. The van der Waals surface area contributed by atoms with Crippen molar-refractivity contribution in [3.8, 4) is 5.75 Å². The van der Waals surface area contributed by atoms with Gasteiger partial charge in [0.05, 0.1) is 42.0 Å². The van der Waals surface area contributed by atoms with Crippen LogP contribution in [0.15, 0.2) is 18.2 Å². The number of nitrogens with two attached hydrogens (primary N) is 1. The number of nitrogens with one attached hydrogen (secondary N) is 2. The lowest BCUT2D eigenvalue weighted by Gasteiger charge is -2.47. The number of hydrogen-bond donors (Lipinski definition) is 3. The van der Waals surface area contributed by atoms with Crippen molar-refractivity contribution in [2.45, 2.75) is 56.3 Å². The van der Waals surface area contributed by atoms with E-state index in [1.54, 1.807) is 7.11 Å². The summed E-state index contributed by atoms with van der Waals surface area (Å²) in [6.45, 7) is 8.57. The number of aryl methyl sites for hydroxylation is 1. The molecule has 1 aromatic carbocycles. The second-order valence-corrected chi connectivity index (χ2v) is 11.6. The van der Waals surface area contributed by atoms with E-state index in [-0.39, 0.29) is 11.7 Å².